The third kappa shape index (κ3) is 4.79. The molecule has 6 nitrogen and oxygen atoms in total. The molecule has 0 amide bonds. The quantitative estimate of drug-likeness (QED) is 0.834. The number of rotatable bonds is 7. The van der Waals surface area contributed by atoms with Crippen molar-refractivity contribution in [3.8, 4) is 0 Å². The lowest BCUT2D eigenvalue weighted by Gasteiger charge is -2.07. The van der Waals surface area contributed by atoms with Crippen LogP contribution in [-0.2, 0) is 22.2 Å². The molecule has 1 heterocycles. The SMILES string of the molecule is CC(C)c1nnc(CCNS(=O)(=O)Cc2ccccc2Cl)o1. The number of benzene rings is 1. The van der Waals surface area contributed by atoms with Crippen molar-refractivity contribution in [3.63, 3.8) is 0 Å². The van der Waals surface area contributed by atoms with Gasteiger partial charge in [0.25, 0.3) is 0 Å². The van der Waals surface area contributed by atoms with Crippen LogP contribution in [0.25, 0.3) is 0 Å². The first kappa shape index (κ1) is 16.9. The summed E-state index contributed by atoms with van der Waals surface area (Å²) in [7, 11) is -3.46. The average molecular weight is 344 g/mol. The molecule has 1 aromatic carbocycles. The first-order valence-electron chi connectivity index (χ1n) is 6.90. The summed E-state index contributed by atoms with van der Waals surface area (Å²) in [5, 5.41) is 8.22. The van der Waals surface area contributed by atoms with Gasteiger partial charge in [0.2, 0.25) is 21.8 Å². The molecule has 0 saturated heterocycles. The zero-order chi connectivity index (χ0) is 16.2. The Morgan fingerprint density at radius 1 is 1.27 bits per heavy atom. The zero-order valence-electron chi connectivity index (χ0n) is 12.4. The molecule has 0 spiro atoms. The van der Waals surface area contributed by atoms with Gasteiger partial charge >= 0.3 is 0 Å². The first-order chi connectivity index (χ1) is 10.4. The molecule has 2 rings (SSSR count). The summed E-state index contributed by atoms with van der Waals surface area (Å²) in [5.41, 5.74) is 0.566. The van der Waals surface area contributed by atoms with E-state index in [4.69, 9.17) is 16.0 Å². The van der Waals surface area contributed by atoms with Gasteiger partial charge in [-0.2, -0.15) is 0 Å². The lowest BCUT2D eigenvalue weighted by molar-refractivity contribution is 0.431. The van der Waals surface area contributed by atoms with Gasteiger partial charge in [-0.1, -0.05) is 43.6 Å². The van der Waals surface area contributed by atoms with Crippen molar-refractivity contribution in [2.24, 2.45) is 0 Å². The Labute approximate surface area is 134 Å². The molecule has 120 valence electrons. The number of nitrogens with zero attached hydrogens (tertiary/aromatic N) is 2. The van der Waals surface area contributed by atoms with Gasteiger partial charge in [-0.25, -0.2) is 13.1 Å². The van der Waals surface area contributed by atoms with Crippen LogP contribution in [0.4, 0.5) is 0 Å². The number of aromatic nitrogens is 2. The van der Waals surface area contributed by atoms with Crippen molar-refractivity contribution < 1.29 is 12.8 Å². The van der Waals surface area contributed by atoms with E-state index < -0.39 is 10.0 Å². The van der Waals surface area contributed by atoms with Gasteiger partial charge in [-0.05, 0) is 11.6 Å². The van der Waals surface area contributed by atoms with E-state index in [1.807, 2.05) is 13.8 Å². The van der Waals surface area contributed by atoms with Crippen LogP contribution < -0.4 is 4.72 Å². The van der Waals surface area contributed by atoms with E-state index in [9.17, 15) is 8.42 Å². The Kier molecular flexibility index (Phi) is 5.55. The number of sulfonamides is 1. The molecule has 1 N–H and O–H groups in total. The molecule has 0 unspecified atom stereocenters. The second kappa shape index (κ2) is 7.21. The fraction of sp³-hybridized carbons (Fsp3) is 0.429. The van der Waals surface area contributed by atoms with E-state index in [0.29, 0.717) is 28.8 Å². The maximum atomic E-state index is 12.0. The fourth-order valence-electron chi connectivity index (χ4n) is 1.79. The Hall–Kier alpha value is -1.44. The Bertz CT molecular complexity index is 728. The van der Waals surface area contributed by atoms with Crippen LogP contribution in [0.3, 0.4) is 0 Å². The Morgan fingerprint density at radius 2 is 2.00 bits per heavy atom. The molecular formula is C14H18ClN3O3S. The summed E-state index contributed by atoms with van der Waals surface area (Å²) >= 11 is 5.97. The minimum Gasteiger partial charge on any atom is -0.425 e. The highest BCUT2D eigenvalue weighted by atomic mass is 35.5. The molecule has 0 atom stereocenters. The first-order valence-corrected chi connectivity index (χ1v) is 8.93. The Morgan fingerprint density at radius 3 is 2.64 bits per heavy atom. The highest BCUT2D eigenvalue weighted by molar-refractivity contribution is 7.88. The molecule has 8 heteroatoms. The average Bonchev–Trinajstić information content (AvgIpc) is 2.90. The van der Waals surface area contributed by atoms with Crippen molar-refractivity contribution in [2.75, 3.05) is 6.54 Å². The second-order valence-electron chi connectivity index (χ2n) is 5.18. The monoisotopic (exact) mass is 343 g/mol. The van der Waals surface area contributed by atoms with Gasteiger partial charge in [0.15, 0.2) is 0 Å². The van der Waals surface area contributed by atoms with Gasteiger partial charge in [0.1, 0.15) is 0 Å². The molecule has 1 aromatic heterocycles. The number of hydrogen-bond donors (Lipinski definition) is 1. The molecule has 2 aromatic rings. The van der Waals surface area contributed by atoms with Crippen molar-refractivity contribution in [1.82, 2.24) is 14.9 Å². The third-order valence-electron chi connectivity index (χ3n) is 2.94. The molecule has 0 radical (unpaired) electrons. The molecule has 0 aliphatic rings. The van der Waals surface area contributed by atoms with Crippen LogP contribution in [0.1, 0.15) is 37.1 Å². The van der Waals surface area contributed by atoms with Crippen molar-refractivity contribution in [1.29, 1.82) is 0 Å². The van der Waals surface area contributed by atoms with Gasteiger partial charge in [-0.15, -0.1) is 10.2 Å². The smallest absolute Gasteiger partial charge is 0.219 e. The largest absolute Gasteiger partial charge is 0.425 e. The molecule has 0 bridgehead atoms. The minimum absolute atomic E-state index is 0.151. The van der Waals surface area contributed by atoms with Crippen LogP contribution in [0.2, 0.25) is 5.02 Å². The maximum Gasteiger partial charge on any atom is 0.219 e. The van der Waals surface area contributed by atoms with Gasteiger partial charge in [0, 0.05) is 23.9 Å². The number of nitrogens with one attached hydrogen (secondary N) is 1. The van der Waals surface area contributed by atoms with Crippen LogP contribution >= 0.6 is 11.6 Å². The van der Waals surface area contributed by atoms with Gasteiger partial charge < -0.3 is 4.42 Å². The van der Waals surface area contributed by atoms with E-state index in [1.165, 1.54) is 0 Å². The highest BCUT2D eigenvalue weighted by Gasteiger charge is 2.14. The van der Waals surface area contributed by atoms with Crippen molar-refractivity contribution >= 4 is 21.6 Å². The molecular weight excluding hydrogens is 326 g/mol. The van der Waals surface area contributed by atoms with Gasteiger partial charge in [0.05, 0.1) is 5.75 Å². The third-order valence-corrected chi connectivity index (χ3v) is 4.64. The molecule has 0 saturated carbocycles. The minimum atomic E-state index is -3.46. The van der Waals surface area contributed by atoms with E-state index in [-0.39, 0.29) is 18.2 Å². The number of hydrogen-bond acceptors (Lipinski definition) is 5. The molecule has 0 aliphatic heterocycles. The fourth-order valence-corrected chi connectivity index (χ4v) is 3.24. The molecule has 0 aliphatic carbocycles. The summed E-state index contributed by atoms with van der Waals surface area (Å²) < 4.78 is 32.0. The highest BCUT2D eigenvalue weighted by Crippen LogP contribution is 2.17. The summed E-state index contributed by atoms with van der Waals surface area (Å²) in [4.78, 5) is 0. The van der Waals surface area contributed by atoms with Crippen LogP contribution in [0.5, 0.6) is 0 Å². The van der Waals surface area contributed by atoms with Crippen molar-refractivity contribution in [3.05, 3.63) is 46.6 Å². The number of halogens is 1. The summed E-state index contributed by atoms with van der Waals surface area (Å²) in [6, 6.07) is 6.86. The predicted octanol–water partition coefficient (Wildman–Crippen LogP) is 2.51. The zero-order valence-corrected chi connectivity index (χ0v) is 14.0. The topological polar surface area (TPSA) is 85.1 Å². The van der Waals surface area contributed by atoms with Crippen molar-refractivity contribution in [2.45, 2.75) is 31.9 Å². The van der Waals surface area contributed by atoms with Crippen LogP contribution in [-0.4, -0.2) is 25.2 Å². The van der Waals surface area contributed by atoms with E-state index in [2.05, 4.69) is 14.9 Å². The van der Waals surface area contributed by atoms with E-state index in [1.54, 1.807) is 24.3 Å². The normalized spacial score (nSPS) is 12.0. The van der Waals surface area contributed by atoms with E-state index in [0.717, 1.165) is 0 Å². The molecule has 22 heavy (non-hydrogen) atoms. The summed E-state index contributed by atoms with van der Waals surface area (Å²) in [5.74, 6) is 0.963. The lowest BCUT2D eigenvalue weighted by Crippen LogP contribution is -2.27. The second-order valence-corrected chi connectivity index (χ2v) is 7.40. The van der Waals surface area contributed by atoms with Crippen LogP contribution in [0, 0.1) is 0 Å². The lowest BCUT2D eigenvalue weighted by atomic mass is 10.2. The predicted molar refractivity (Wildman–Crippen MR) is 84.2 cm³/mol. The summed E-state index contributed by atoms with van der Waals surface area (Å²) in [6.07, 6.45) is 0.349. The van der Waals surface area contributed by atoms with Crippen LogP contribution in [0.15, 0.2) is 28.7 Å². The molecule has 0 fully saturated rings. The summed E-state index contributed by atoms with van der Waals surface area (Å²) in [6.45, 7) is 4.10. The van der Waals surface area contributed by atoms with E-state index >= 15 is 0 Å². The maximum absolute atomic E-state index is 12.0. The Balaban J connectivity index is 1.88. The standard InChI is InChI=1S/C14H18ClN3O3S/c1-10(2)14-18-17-13(21-14)7-8-16-22(19,20)9-11-5-3-4-6-12(11)15/h3-6,10,16H,7-9H2,1-2H3. The van der Waals surface area contributed by atoms with Gasteiger partial charge in [-0.3, -0.25) is 0 Å².